The Morgan fingerprint density at radius 3 is 2.22 bits per heavy atom. The van der Waals surface area contributed by atoms with Crippen LogP contribution >= 0.6 is 11.5 Å². The Morgan fingerprint density at radius 2 is 1.67 bits per heavy atom. The Balaban J connectivity index is 1.82. The number of hydrogen-bond donors (Lipinski definition) is 1. The van der Waals surface area contributed by atoms with Gasteiger partial charge in [-0.15, -0.1) is 0 Å². The Labute approximate surface area is 158 Å². The monoisotopic (exact) mass is 389 g/mol. The lowest BCUT2D eigenvalue weighted by Gasteiger charge is -2.13. The molecule has 0 spiro atoms. The molecule has 0 aliphatic rings. The normalized spacial score (nSPS) is 10.4. The van der Waals surface area contributed by atoms with Gasteiger partial charge in [0.2, 0.25) is 10.9 Å². The van der Waals surface area contributed by atoms with Crippen molar-refractivity contribution in [2.45, 2.75) is 0 Å². The summed E-state index contributed by atoms with van der Waals surface area (Å²) in [6.45, 7) is 0. The van der Waals surface area contributed by atoms with Crippen molar-refractivity contribution in [2.24, 2.45) is 0 Å². The number of nitrogens with one attached hydrogen (secondary N) is 1. The Bertz CT molecular complexity index is 934. The second-order valence-electron chi connectivity index (χ2n) is 5.30. The van der Waals surface area contributed by atoms with Gasteiger partial charge in [0.25, 0.3) is 5.91 Å². The van der Waals surface area contributed by atoms with Crippen molar-refractivity contribution in [1.82, 2.24) is 9.36 Å². The van der Waals surface area contributed by atoms with Crippen molar-refractivity contribution < 1.29 is 23.4 Å². The first-order valence-corrected chi connectivity index (χ1v) is 8.54. The zero-order valence-corrected chi connectivity index (χ0v) is 15.6. The van der Waals surface area contributed by atoms with E-state index in [9.17, 15) is 9.18 Å². The van der Waals surface area contributed by atoms with E-state index < -0.39 is 5.91 Å². The zero-order chi connectivity index (χ0) is 19.4. The molecule has 1 amide bonds. The number of carbonyl (C=O) groups excluding carboxylic acids is 1. The standard InChI is InChI=1S/C18H16FN3O4S/c1-24-13-8-11(9-14(25-2)15(13)26-3)17(23)21-18-20-16(22-27-18)10-4-6-12(19)7-5-10/h4-9H,1-3H3,(H,20,21,22,23). The first kappa shape index (κ1) is 18.6. The van der Waals surface area contributed by atoms with Crippen LogP contribution in [0, 0.1) is 5.82 Å². The Hall–Kier alpha value is -3.20. The second kappa shape index (κ2) is 8.00. The molecule has 27 heavy (non-hydrogen) atoms. The zero-order valence-electron chi connectivity index (χ0n) is 14.8. The van der Waals surface area contributed by atoms with Crippen LogP contribution in [0.15, 0.2) is 36.4 Å². The van der Waals surface area contributed by atoms with Crippen molar-refractivity contribution in [3.05, 3.63) is 47.8 Å². The summed E-state index contributed by atoms with van der Waals surface area (Å²) in [4.78, 5) is 16.8. The molecule has 0 radical (unpaired) electrons. The SMILES string of the molecule is COc1cc(C(=O)Nc2nc(-c3ccc(F)cc3)ns2)cc(OC)c1OC. The maximum absolute atomic E-state index is 13.0. The Morgan fingerprint density at radius 1 is 1.04 bits per heavy atom. The molecule has 0 saturated heterocycles. The van der Waals surface area contributed by atoms with Crippen LogP contribution in [0.25, 0.3) is 11.4 Å². The van der Waals surface area contributed by atoms with Gasteiger partial charge in [0, 0.05) is 22.7 Å². The topological polar surface area (TPSA) is 82.6 Å². The van der Waals surface area contributed by atoms with Gasteiger partial charge >= 0.3 is 0 Å². The number of anilines is 1. The number of nitrogens with zero attached hydrogens (tertiary/aromatic N) is 2. The van der Waals surface area contributed by atoms with Gasteiger partial charge in [-0.1, -0.05) is 0 Å². The van der Waals surface area contributed by atoms with Gasteiger partial charge in [0.15, 0.2) is 17.3 Å². The molecule has 0 saturated carbocycles. The number of hydrogen-bond acceptors (Lipinski definition) is 7. The maximum Gasteiger partial charge on any atom is 0.257 e. The fourth-order valence-corrected chi connectivity index (χ4v) is 2.96. The van der Waals surface area contributed by atoms with E-state index in [-0.39, 0.29) is 5.82 Å². The molecule has 1 N–H and O–H groups in total. The predicted molar refractivity (Wildman–Crippen MR) is 99.4 cm³/mol. The summed E-state index contributed by atoms with van der Waals surface area (Å²) in [5.41, 5.74) is 0.962. The lowest BCUT2D eigenvalue weighted by Crippen LogP contribution is -2.12. The third-order valence-electron chi connectivity index (χ3n) is 3.68. The minimum absolute atomic E-state index is 0.308. The lowest BCUT2D eigenvalue weighted by molar-refractivity contribution is 0.102. The van der Waals surface area contributed by atoms with E-state index in [0.717, 1.165) is 11.5 Å². The number of carbonyl (C=O) groups is 1. The highest BCUT2D eigenvalue weighted by Gasteiger charge is 2.18. The van der Waals surface area contributed by atoms with E-state index in [2.05, 4.69) is 14.7 Å². The molecule has 0 unspecified atom stereocenters. The fraction of sp³-hybridized carbons (Fsp3) is 0.167. The van der Waals surface area contributed by atoms with Crippen LogP contribution < -0.4 is 19.5 Å². The molecule has 140 valence electrons. The smallest absolute Gasteiger partial charge is 0.257 e. The molecule has 2 aromatic carbocycles. The van der Waals surface area contributed by atoms with Crippen molar-refractivity contribution >= 4 is 22.6 Å². The summed E-state index contributed by atoms with van der Waals surface area (Å²) in [5, 5.41) is 2.99. The molecule has 0 bridgehead atoms. The third-order valence-corrected chi connectivity index (χ3v) is 4.31. The Kier molecular flexibility index (Phi) is 5.51. The summed E-state index contributed by atoms with van der Waals surface area (Å²) in [7, 11) is 4.43. The molecule has 0 aliphatic heterocycles. The lowest BCUT2D eigenvalue weighted by atomic mass is 10.1. The summed E-state index contributed by atoms with van der Waals surface area (Å²) in [6, 6.07) is 8.87. The highest BCUT2D eigenvalue weighted by molar-refractivity contribution is 7.10. The molecule has 7 nitrogen and oxygen atoms in total. The fourth-order valence-electron chi connectivity index (χ4n) is 2.37. The van der Waals surface area contributed by atoms with Crippen LogP contribution in [0.3, 0.4) is 0 Å². The highest BCUT2D eigenvalue weighted by Crippen LogP contribution is 2.38. The predicted octanol–water partition coefficient (Wildman–Crippen LogP) is 3.62. The van der Waals surface area contributed by atoms with E-state index in [4.69, 9.17) is 14.2 Å². The average molecular weight is 389 g/mol. The molecular formula is C18H16FN3O4S. The summed E-state index contributed by atoms with van der Waals surface area (Å²) in [5.74, 6) is 0.782. The van der Waals surface area contributed by atoms with Crippen molar-refractivity contribution in [3.63, 3.8) is 0 Å². The van der Waals surface area contributed by atoms with Crippen LogP contribution in [0.5, 0.6) is 17.2 Å². The van der Waals surface area contributed by atoms with Crippen LogP contribution in [-0.2, 0) is 0 Å². The molecule has 9 heteroatoms. The van der Waals surface area contributed by atoms with E-state index >= 15 is 0 Å². The van der Waals surface area contributed by atoms with Gasteiger partial charge in [0.1, 0.15) is 5.82 Å². The van der Waals surface area contributed by atoms with E-state index in [1.807, 2.05) is 0 Å². The van der Waals surface area contributed by atoms with Crippen LogP contribution in [0.1, 0.15) is 10.4 Å². The molecular weight excluding hydrogens is 373 g/mol. The van der Waals surface area contributed by atoms with Gasteiger partial charge < -0.3 is 14.2 Å². The third kappa shape index (κ3) is 3.98. The molecule has 0 aliphatic carbocycles. The second-order valence-corrected chi connectivity index (χ2v) is 6.05. The first-order valence-electron chi connectivity index (χ1n) is 7.76. The van der Waals surface area contributed by atoms with Crippen LogP contribution in [0.2, 0.25) is 0 Å². The highest BCUT2D eigenvalue weighted by atomic mass is 32.1. The van der Waals surface area contributed by atoms with Crippen molar-refractivity contribution in [3.8, 4) is 28.6 Å². The largest absolute Gasteiger partial charge is 0.493 e. The molecule has 1 aromatic heterocycles. The summed E-state index contributed by atoms with van der Waals surface area (Å²) >= 11 is 1.03. The molecule has 1 heterocycles. The number of halogens is 1. The molecule has 0 atom stereocenters. The van der Waals surface area contributed by atoms with E-state index in [0.29, 0.717) is 39.3 Å². The first-order chi connectivity index (χ1) is 13.0. The minimum atomic E-state index is -0.406. The van der Waals surface area contributed by atoms with Crippen LogP contribution in [0.4, 0.5) is 9.52 Å². The maximum atomic E-state index is 13.0. The molecule has 3 rings (SSSR count). The van der Waals surface area contributed by atoms with Gasteiger partial charge in [-0.05, 0) is 36.4 Å². The summed E-state index contributed by atoms with van der Waals surface area (Å²) in [6.07, 6.45) is 0. The van der Waals surface area contributed by atoms with Crippen LogP contribution in [-0.4, -0.2) is 36.6 Å². The minimum Gasteiger partial charge on any atom is -0.493 e. The summed E-state index contributed by atoms with van der Waals surface area (Å²) < 4.78 is 32.9. The van der Waals surface area contributed by atoms with Gasteiger partial charge in [-0.25, -0.2) is 4.39 Å². The number of methoxy groups -OCH3 is 3. The molecule has 0 fully saturated rings. The van der Waals surface area contributed by atoms with E-state index in [1.165, 1.54) is 33.5 Å². The number of rotatable bonds is 6. The van der Waals surface area contributed by atoms with E-state index in [1.54, 1.807) is 24.3 Å². The molecule has 3 aromatic rings. The number of aromatic nitrogens is 2. The van der Waals surface area contributed by atoms with Gasteiger partial charge in [-0.2, -0.15) is 9.36 Å². The number of amides is 1. The number of ether oxygens (including phenoxy) is 3. The van der Waals surface area contributed by atoms with Gasteiger partial charge in [-0.3, -0.25) is 10.1 Å². The van der Waals surface area contributed by atoms with Crippen molar-refractivity contribution in [1.29, 1.82) is 0 Å². The average Bonchev–Trinajstić information content (AvgIpc) is 3.15. The van der Waals surface area contributed by atoms with Crippen molar-refractivity contribution in [2.75, 3.05) is 26.6 Å². The number of benzene rings is 2. The van der Waals surface area contributed by atoms with Gasteiger partial charge in [0.05, 0.1) is 21.3 Å². The quantitative estimate of drug-likeness (QED) is 0.693.